The third kappa shape index (κ3) is 3.02. The zero-order valence-electron chi connectivity index (χ0n) is 13.1. The van der Waals surface area contributed by atoms with Crippen molar-refractivity contribution in [2.45, 2.75) is 25.7 Å². The van der Waals surface area contributed by atoms with Crippen molar-refractivity contribution in [1.29, 1.82) is 0 Å². The molecule has 0 atom stereocenters. The highest BCUT2D eigenvalue weighted by Gasteiger charge is 2.22. The van der Waals surface area contributed by atoms with E-state index in [1.54, 1.807) is 12.1 Å². The average molecular weight is 341 g/mol. The smallest absolute Gasteiger partial charge is 0.227 e. The van der Waals surface area contributed by atoms with Gasteiger partial charge in [0, 0.05) is 22.2 Å². The summed E-state index contributed by atoms with van der Waals surface area (Å²) in [6, 6.07) is 12.9. The highest BCUT2D eigenvalue weighted by Crippen LogP contribution is 2.28. The lowest BCUT2D eigenvalue weighted by Crippen LogP contribution is -2.20. The standard InChI is InChI=1S/C19H17ClN2O2/c20-14-7-10-17-16(11-14)22-19(24-17)13-5-8-15(9-6-13)21-18(23)12-3-1-2-4-12/h5-12H,1-4H2,(H,21,23). The van der Waals surface area contributed by atoms with Gasteiger partial charge >= 0.3 is 0 Å². The monoisotopic (exact) mass is 340 g/mol. The number of anilines is 1. The molecule has 24 heavy (non-hydrogen) atoms. The van der Waals surface area contributed by atoms with Crippen molar-refractivity contribution in [2.24, 2.45) is 5.92 Å². The zero-order valence-corrected chi connectivity index (χ0v) is 13.8. The molecule has 0 spiro atoms. The Morgan fingerprint density at radius 3 is 2.62 bits per heavy atom. The summed E-state index contributed by atoms with van der Waals surface area (Å²) in [5.74, 6) is 0.823. The van der Waals surface area contributed by atoms with Gasteiger partial charge in [0.15, 0.2) is 5.58 Å². The van der Waals surface area contributed by atoms with Crippen LogP contribution < -0.4 is 5.32 Å². The maximum atomic E-state index is 12.2. The van der Waals surface area contributed by atoms with E-state index in [9.17, 15) is 4.79 Å². The van der Waals surface area contributed by atoms with Crippen molar-refractivity contribution in [3.05, 3.63) is 47.5 Å². The van der Waals surface area contributed by atoms with Gasteiger partial charge in [-0.2, -0.15) is 0 Å². The van der Waals surface area contributed by atoms with Crippen molar-refractivity contribution in [1.82, 2.24) is 4.98 Å². The minimum atomic E-state index is 0.122. The summed E-state index contributed by atoms with van der Waals surface area (Å²) in [5, 5.41) is 3.62. The lowest BCUT2D eigenvalue weighted by molar-refractivity contribution is -0.119. The molecule has 1 amide bonds. The predicted octanol–water partition coefficient (Wildman–Crippen LogP) is 5.28. The molecule has 1 aliphatic rings. The summed E-state index contributed by atoms with van der Waals surface area (Å²) < 4.78 is 5.75. The molecule has 1 aliphatic carbocycles. The maximum absolute atomic E-state index is 12.2. The zero-order chi connectivity index (χ0) is 16.5. The number of rotatable bonds is 3. The van der Waals surface area contributed by atoms with Gasteiger partial charge in [0.2, 0.25) is 11.8 Å². The number of carbonyl (C=O) groups is 1. The second-order valence-corrected chi connectivity index (χ2v) is 6.62. The van der Waals surface area contributed by atoms with E-state index in [2.05, 4.69) is 10.3 Å². The van der Waals surface area contributed by atoms with Crippen LogP contribution in [0, 0.1) is 5.92 Å². The van der Waals surface area contributed by atoms with Crippen LogP contribution >= 0.6 is 11.6 Å². The Balaban J connectivity index is 1.53. The number of carbonyl (C=O) groups excluding carboxylic acids is 1. The molecular formula is C19H17ClN2O2. The van der Waals surface area contributed by atoms with Gasteiger partial charge in [0.25, 0.3) is 0 Å². The normalized spacial score (nSPS) is 15.0. The van der Waals surface area contributed by atoms with Crippen LogP contribution in [0.2, 0.25) is 5.02 Å². The summed E-state index contributed by atoms with van der Waals surface area (Å²) in [6.07, 6.45) is 4.29. The fourth-order valence-corrected chi connectivity index (χ4v) is 3.32. The number of benzene rings is 2. The number of nitrogens with zero attached hydrogens (tertiary/aromatic N) is 1. The van der Waals surface area contributed by atoms with Crippen LogP contribution in [0.4, 0.5) is 5.69 Å². The van der Waals surface area contributed by atoms with Gasteiger partial charge in [-0.1, -0.05) is 24.4 Å². The quantitative estimate of drug-likeness (QED) is 0.706. The van der Waals surface area contributed by atoms with E-state index in [0.717, 1.165) is 42.5 Å². The lowest BCUT2D eigenvalue weighted by atomic mass is 10.1. The molecule has 0 saturated heterocycles. The molecule has 1 N–H and O–H groups in total. The minimum absolute atomic E-state index is 0.122. The summed E-state index contributed by atoms with van der Waals surface area (Å²) in [7, 11) is 0. The first-order chi connectivity index (χ1) is 11.7. The molecule has 4 rings (SSSR count). The van der Waals surface area contributed by atoms with Gasteiger partial charge < -0.3 is 9.73 Å². The van der Waals surface area contributed by atoms with Gasteiger partial charge in [-0.25, -0.2) is 4.98 Å². The summed E-state index contributed by atoms with van der Waals surface area (Å²) in [5.41, 5.74) is 3.10. The number of amides is 1. The van der Waals surface area contributed by atoms with Gasteiger partial charge in [0.05, 0.1) is 0 Å². The summed E-state index contributed by atoms with van der Waals surface area (Å²) in [6.45, 7) is 0. The van der Waals surface area contributed by atoms with E-state index in [4.69, 9.17) is 16.0 Å². The van der Waals surface area contributed by atoms with Crippen LogP contribution in [0.25, 0.3) is 22.6 Å². The molecule has 4 nitrogen and oxygen atoms in total. The average Bonchev–Trinajstić information content (AvgIpc) is 3.24. The minimum Gasteiger partial charge on any atom is -0.436 e. The van der Waals surface area contributed by atoms with E-state index in [1.165, 1.54) is 0 Å². The number of oxazole rings is 1. The molecule has 0 unspecified atom stereocenters. The third-order valence-electron chi connectivity index (χ3n) is 4.47. The lowest BCUT2D eigenvalue weighted by Gasteiger charge is -2.10. The molecule has 0 bridgehead atoms. The Kier molecular flexibility index (Phi) is 3.98. The van der Waals surface area contributed by atoms with Crippen LogP contribution in [0.15, 0.2) is 46.9 Å². The molecule has 1 heterocycles. The molecule has 1 saturated carbocycles. The largest absolute Gasteiger partial charge is 0.436 e. The predicted molar refractivity (Wildman–Crippen MR) is 95.0 cm³/mol. The van der Waals surface area contributed by atoms with Crippen LogP contribution in [0.1, 0.15) is 25.7 Å². The first-order valence-electron chi connectivity index (χ1n) is 8.16. The van der Waals surface area contributed by atoms with Crippen LogP contribution in [0.3, 0.4) is 0 Å². The van der Waals surface area contributed by atoms with Crippen molar-refractivity contribution in [2.75, 3.05) is 5.32 Å². The van der Waals surface area contributed by atoms with E-state index >= 15 is 0 Å². The number of nitrogens with one attached hydrogen (secondary N) is 1. The number of halogens is 1. The van der Waals surface area contributed by atoms with Crippen LogP contribution in [-0.2, 0) is 4.79 Å². The second kappa shape index (κ2) is 6.29. The Morgan fingerprint density at radius 2 is 1.88 bits per heavy atom. The molecular weight excluding hydrogens is 324 g/mol. The van der Waals surface area contributed by atoms with Crippen molar-refractivity contribution in [3.63, 3.8) is 0 Å². The highest BCUT2D eigenvalue weighted by molar-refractivity contribution is 6.31. The van der Waals surface area contributed by atoms with Crippen molar-refractivity contribution >= 4 is 34.3 Å². The molecule has 2 aromatic carbocycles. The highest BCUT2D eigenvalue weighted by atomic mass is 35.5. The second-order valence-electron chi connectivity index (χ2n) is 6.18. The molecule has 0 radical (unpaired) electrons. The van der Waals surface area contributed by atoms with E-state index in [1.807, 2.05) is 30.3 Å². The molecule has 5 heteroatoms. The first kappa shape index (κ1) is 15.2. The van der Waals surface area contributed by atoms with Gasteiger partial charge in [-0.15, -0.1) is 0 Å². The summed E-state index contributed by atoms with van der Waals surface area (Å²) >= 11 is 5.98. The fraction of sp³-hybridized carbons (Fsp3) is 0.263. The van der Waals surface area contributed by atoms with Crippen molar-refractivity contribution < 1.29 is 9.21 Å². The molecule has 3 aromatic rings. The Bertz CT molecular complexity index is 880. The van der Waals surface area contributed by atoms with Gasteiger partial charge in [-0.05, 0) is 55.3 Å². The molecule has 122 valence electrons. The maximum Gasteiger partial charge on any atom is 0.227 e. The number of aromatic nitrogens is 1. The number of hydrogen-bond acceptors (Lipinski definition) is 3. The van der Waals surface area contributed by atoms with E-state index in [-0.39, 0.29) is 11.8 Å². The SMILES string of the molecule is O=C(Nc1ccc(-c2nc3cc(Cl)ccc3o2)cc1)C1CCCC1. The topological polar surface area (TPSA) is 55.1 Å². The molecule has 1 aromatic heterocycles. The molecule has 0 aliphatic heterocycles. The first-order valence-corrected chi connectivity index (χ1v) is 8.54. The van der Waals surface area contributed by atoms with E-state index in [0.29, 0.717) is 16.5 Å². The Hall–Kier alpha value is -2.33. The van der Waals surface area contributed by atoms with Gasteiger partial charge in [-0.3, -0.25) is 4.79 Å². The number of hydrogen-bond donors (Lipinski definition) is 1. The summed E-state index contributed by atoms with van der Waals surface area (Å²) in [4.78, 5) is 16.6. The fourth-order valence-electron chi connectivity index (χ4n) is 3.15. The Morgan fingerprint density at radius 1 is 1.12 bits per heavy atom. The van der Waals surface area contributed by atoms with Crippen LogP contribution in [0.5, 0.6) is 0 Å². The van der Waals surface area contributed by atoms with Gasteiger partial charge in [0.1, 0.15) is 5.52 Å². The number of fused-ring (bicyclic) bond motifs is 1. The molecule has 1 fully saturated rings. The van der Waals surface area contributed by atoms with Crippen molar-refractivity contribution in [3.8, 4) is 11.5 Å². The Labute approximate surface area is 144 Å². The third-order valence-corrected chi connectivity index (χ3v) is 4.71. The van der Waals surface area contributed by atoms with E-state index < -0.39 is 0 Å². The van der Waals surface area contributed by atoms with Crippen LogP contribution in [-0.4, -0.2) is 10.9 Å².